The second-order valence-corrected chi connectivity index (χ2v) is 18.5. The number of phosphoric ester groups is 1. The maximum absolute atomic E-state index is 12.7. The maximum Gasteiger partial charge on any atom is 0.306 e. The predicted molar refractivity (Wildman–Crippen MR) is 242 cm³/mol. The lowest BCUT2D eigenvalue weighted by molar-refractivity contribution is -0.870. The first-order valence-corrected chi connectivity index (χ1v) is 24.8. The van der Waals surface area contributed by atoms with Crippen LogP contribution in [0.25, 0.3) is 0 Å². The highest BCUT2D eigenvalue weighted by Crippen LogP contribution is 2.38. The van der Waals surface area contributed by atoms with Gasteiger partial charge in [0.2, 0.25) is 0 Å². The van der Waals surface area contributed by atoms with Gasteiger partial charge in [-0.15, -0.1) is 0 Å². The Bertz CT molecular complexity index is 1160. The van der Waals surface area contributed by atoms with Crippen LogP contribution in [0.5, 0.6) is 0 Å². The van der Waals surface area contributed by atoms with Gasteiger partial charge in [0, 0.05) is 12.8 Å². The summed E-state index contributed by atoms with van der Waals surface area (Å²) in [6.45, 7) is 3.72. The van der Waals surface area contributed by atoms with E-state index in [2.05, 4.69) is 49.5 Å². The van der Waals surface area contributed by atoms with Crippen molar-refractivity contribution in [3.8, 4) is 0 Å². The lowest BCUT2D eigenvalue weighted by atomic mass is 10.0. The molecule has 344 valence electrons. The lowest BCUT2D eigenvalue weighted by Crippen LogP contribution is -2.37. The second kappa shape index (κ2) is 40.0. The van der Waals surface area contributed by atoms with Crippen molar-refractivity contribution in [3.63, 3.8) is 0 Å². The fourth-order valence-corrected chi connectivity index (χ4v) is 6.92. The molecular weight excluding hydrogens is 766 g/mol. The normalized spacial score (nSPS) is 14.5. The van der Waals surface area contributed by atoms with Crippen LogP contribution in [-0.4, -0.2) is 81.2 Å². The molecule has 59 heavy (non-hydrogen) atoms. The monoisotopic (exact) mass is 854 g/mol. The van der Waals surface area contributed by atoms with Gasteiger partial charge in [-0.3, -0.25) is 14.2 Å². The number of hydrogen-bond donors (Lipinski definition) is 1. The van der Waals surface area contributed by atoms with Crippen LogP contribution in [0.3, 0.4) is 0 Å². The number of phosphoric acid groups is 1. The number of carbonyl (C=O) groups is 2. The van der Waals surface area contributed by atoms with Crippen LogP contribution in [0.1, 0.15) is 187 Å². The van der Waals surface area contributed by atoms with Crippen molar-refractivity contribution in [1.29, 1.82) is 0 Å². The summed E-state index contributed by atoms with van der Waals surface area (Å²) in [4.78, 5) is 37.6. The Hall–Kier alpha value is -2.07. The molecule has 0 aromatic heterocycles. The smallest absolute Gasteiger partial charge is 0.306 e. The molecule has 0 bridgehead atoms. The van der Waals surface area contributed by atoms with Crippen molar-refractivity contribution >= 4 is 19.8 Å². The number of likely N-dealkylation sites (N-methyl/N-ethyl adjacent to an activating group) is 1. The summed E-state index contributed by atoms with van der Waals surface area (Å²) in [7, 11) is 1.12. The van der Waals surface area contributed by atoms with Crippen LogP contribution < -0.4 is 4.89 Å². The Balaban J connectivity index is 4.40. The number of hydrogen-bond acceptors (Lipinski definition) is 9. The number of quaternary nitrogens is 1. The zero-order valence-corrected chi connectivity index (χ0v) is 39.2. The van der Waals surface area contributed by atoms with Gasteiger partial charge in [0.15, 0.2) is 6.10 Å². The number of rotatable bonds is 42. The van der Waals surface area contributed by atoms with E-state index in [1.807, 2.05) is 34.1 Å². The van der Waals surface area contributed by atoms with E-state index >= 15 is 0 Å². The fraction of sp³-hybridized carbons (Fsp3) is 0.792. The second-order valence-electron chi connectivity index (χ2n) is 17.1. The van der Waals surface area contributed by atoms with Gasteiger partial charge in [0.1, 0.15) is 19.8 Å². The molecule has 3 atom stereocenters. The van der Waals surface area contributed by atoms with Crippen LogP contribution in [-0.2, 0) is 32.7 Å². The summed E-state index contributed by atoms with van der Waals surface area (Å²) < 4.78 is 33.9. The number of esters is 2. The van der Waals surface area contributed by atoms with Crippen molar-refractivity contribution in [2.24, 2.45) is 0 Å². The van der Waals surface area contributed by atoms with Crippen LogP contribution in [0.15, 0.2) is 48.6 Å². The molecule has 1 unspecified atom stereocenters. The Kier molecular flexibility index (Phi) is 38.6. The van der Waals surface area contributed by atoms with Gasteiger partial charge in [-0.2, -0.15) is 0 Å². The van der Waals surface area contributed by atoms with E-state index in [1.54, 1.807) is 0 Å². The molecule has 11 heteroatoms. The molecule has 0 aromatic carbocycles. The Morgan fingerprint density at radius 1 is 0.610 bits per heavy atom. The van der Waals surface area contributed by atoms with Crippen molar-refractivity contribution in [1.82, 2.24) is 0 Å². The van der Waals surface area contributed by atoms with Gasteiger partial charge in [0.25, 0.3) is 7.82 Å². The highest BCUT2D eigenvalue weighted by molar-refractivity contribution is 7.45. The number of allylic oxidation sites excluding steroid dienone is 8. The largest absolute Gasteiger partial charge is 0.756 e. The average Bonchev–Trinajstić information content (AvgIpc) is 3.17. The fourth-order valence-electron chi connectivity index (χ4n) is 6.20. The van der Waals surface area contributed by atoms with E-state index < -0.39 is 32.5 Å². The predicted octanol–water partition coefficient (Wildman–Crippen LogP) is 11.8. The van der Waals surface area contributed by atoms with E-state index in [-0.39, 0.29) is 32.2 Å². The summed E-state index contributed by atoms with van der Waals surface area (Å²) >= 11 is 0. The number of aliphatic hydroxyl groups is 1. The zero-order chi connectivity index (χ0) is 43.7. The van der Waals surface area contributed by atoms with Crippen molar-refractivity contribution in [2.45, 2.75) is 199 Å². The first kappa shape index (κ1) is 56.9. The third kappa shape index (κ3) is 45.3. The molecule has 0 aliphatic heterocycles. The minimum Gasteiger partial charge on any atom is -0.756 e. The number of ether oxygens (including phenoxy) is 2. The molecule has 0 aliphatic rings. The molecule has 0 amide bonds. The standard InChI is InChI=1S/C48H88NO9P/c1-6-7-8-9-10-11-12-13-14-15-18-22-25-28-31-34-37-40-48(52)58-46(44-57-59(53,54)56-42-41-49(3,4)5)43-55-47(51)39-36-33-30-27-24-21-19-16-17-20-23-26-29-32-35-38-45(2)50/h17,19-21,26-27,29-30,45-46,50H,6-16,18,22-25,28,31-44H2,1-5H3/b20-17-,21-19-,29-26-,30-27-/t45-,46-/m1/s1. The van der Waals surface area contributed by atoms with Crippen LogP contribution in [0.2, 0.25) is 0 Å². The molecule has 0 heterocycles. The molecular formula is C48H88NO9P. The van der Waals surface area contributed by atoms with E-state index in [0.29, 0.717) is 23.9 Å². The van der Waals surface area contributed by atoms with Gasteiger partial charge in [-0.05, 0) is 64.7 Å². The SMILES string of the molecule is CCCCCCCCCCCCCCCCCCCC(=O)O[C@H](COC(=O)CCC/C=C\C/C=C\C/C=C\C/C=C\CCC[C@@H](C)O)COP(=O)([O-])OCC[N+](C)(C)C. The topological polar surface area (TPSA) is 131 Å². The first-order chi connectivity index (χ1) is 28.3. The van der Waals surface area contributed by atoms with Gasteiger partial charge < -0.3 is 33.0 Å². The van der Waals surface area contributed by atoms with Gasteiger partial charge in [-0.25, -0.2) is 0 Å². The Morgan fingerprint density at radius 3 is 1.53 bits per heavy atom. The van der Waals surface area contributed by atoms with Gasteiger partial charge in [-0.1, -0.05) is 158 Å². The average molecular weight is 854 g/mol. The minimum atomic E-state index is -4.64. The van der Waals surface area contributed by atoms with Crippen molar-refractivity contribution in [2.75, 3.05) is 47.5 Å². The van der Waals surface area contributed by atoms with Crippen LogP contribution >= 0.6 is 7.82 Å². The summed E-state index contributed by atoms with van der Waals surface area (Å²) in [6.07, 6.45) is 44.2. The summed E-state index contributed by atoms with van der Waals surface area (Å²) in [6, 6.07) is 0. The maximum atomic E-state index is 12.7. The van der Waals surface area contributed by atoms with E-state index in [9.17, 15) is 24.2 Å². The third-order valence-electron chi connectivity index (χ3n) is 9.87. The third-order valence-corrected chi connectivity index (χ3v) is 10.8. The number of unbranched alkanes of at least 4 members (excludes halogenated alkanes) is 18. The van der Waals surface area contributed by atoms with E-state index in [4.69, 9.17) is 18.5 Å². The van der Waals surface area contributed by atoms with Crippen LogP contribution in [0, 0.1) is 0 Å². The molecule has 0 rings (SSSR count). The summed E-state index contributed by atoms with van der Waals surface area (Å²) in [5.41, 5.74) is 0. The van der Waals surface area contributed by atoms with E-state index in [1.165, 1.54) is 83.5 Å². The highest BCUT2D eigenvalue weighted by Gasteiger charge is 2.21. The van der Waals surface area contributed by atoms with Gasteiger partial charge >= 0.3 is 11.9 Å². The highest BCUT2D eigenvalue weighted by atomic mass is 31.2. The molecule has 0 aromatic rings. The molecule has 0 saturated heterocycles. The van der Waals surface area contributed by atoms with Crippen LogP contribution in [0.4, 0.5) is 0 Å². The lowest BCUT2D eigenvalue weighted by Gasteiger charge is -2.28. The minimum absolute atomic E-state index is 0.0447. The van der Waals surface area contributed by atoms with E-state index in [0.717, 1.165) is 64.2 Å². The first-order valence-electron chi connectivity index (χ1n) is 23.4. The summed E-state index contributed by atoms with van der Waals surface area (Å²) in [5.74, 6) is -0.913. The number of aliphatic hydroxyl groups excluding tert-OH is 1. The van der Waals surface area contributed by atoms with Crippen molar-refractivity contribution < 1.29 is 47.2 Å². The number of nitrogens with zero attached hydrogens (tertiary/aromatic N) is 1. The van der Waals surface area contributed by atoms with Crippen molar-refractivity contribution in [3.05, 3.63) is 48.6 Å². The molecule has 0 radical (unpaired) electrons. The summed E-state index contributed by atoms with van der Waals surface area (Å²) in [5, 5.41) is 9.28. The molecule has 10 nitrogen and oxygen atoms in total. The molecule has 1 N–H and O–H groups in total. The number of carbonyl (C=O) groups excluding carboxylic acids is 2. The van der Waals surface area contributed by atoms with Gasteiger partial charge in [0.05, 0.1) is 33.9 Å². The molecule has 0 aliphatic carbocycles. The Morgan fingerprint density at radius 2 is 1.05 bits per heavy atom. The zero-order valence-electron chi connectivity index (χ0n) is 38.3. The molecule has 0 fully saturated rings. The molecule has 0 saturated carbocycles. The molecule has 0 spiro atoms. The Labute approximate surface area is 361 Å². The quantitative estimate of drug-likeness (QED) is 0.0210.